The highest BCUT2D eigenvalue weighted by Gasteiger charge is 2.21. The van der Waals surface area contributed by atoms with Crippen molar-refractivity contribution in [2.45, 2.75) is 33.2 Å². The number of hydrogen-bond acceptors (Lipinski definition) is 4. The Morgan fingerprint density at radius 3 is 2.48 bits per heavy atom. The standard InChI is InChI=1S/C23H27N3O3/c1-6-21-20(14-24-26(21)17-9-7-15(2)8-10-17)23(27)25-16(3)19-13-18(28-4)11-12-22(19)29-5/h7-14,16H,6H2,1-5H3,(H,25,27). The molecule has 0 fully saturated rings. The van der Waals surface area contributed by atoms with Gasteiger partial charge in [0, 0.05) is 5.56 Å². The summed E-state index contributed by atoms with van der Waals surface area (Å²) >= 11 is 0. The Morgan fingerprint density at radius 2 is 1.86 bits per heavy atom. The Kier molecular flexibility index (Phi) is 6.22. The van der Waals surface area contributed by atoms with Crippen molar-refractivity contribution in [1.29, 1.82) is 0 Å². The summed E-state index contributed by atoms with van der Waals surface area (Å²) in [5.41, 5.74) is 4.41. The van der Waals surface area contributed by atoms with E-state index in [9.17, 15) is 4.79 Å². The number of hydrogen-bond donors (Lipinski definition) is 1. The number of ether oxygens (including phenoxy) is 2. The molecule has 2 aromatic carbocycles. The second-order valence-corrected chi connectivity index (χ2v) is 6.91. The largest absolute Gasteiger partial charge is 0.497 e. The SMILES string of the molecule is CCc1c(C(=O)NC(C)c2cc(OC)ccc2OC)cnn1-c1ccc(C)cc1. The Hall–Kier alpha value is -3.28. The fraction of sp³-hybridized carbons (Fsp3) is 0.304. The number of nitrogens with one attached hydrogen (secondary N) is 1. The second kappa shape index (κ2) is 8.82. The third kappa shape index (κ3) is 4.26. The van der Waals surface area contributed by atoms with Gasteiger partial charge in [0.15, 0.2) is 0 Å². The van der Waals surface area contributed by atoms with Crippen LogP contribution in [0, 0.1) is 6.92 Å². The number of benzene rings is 2. The second-order valence-electron chi connectivity index (χ2n) is 6.91. The van der Waals surface area contributed by atoms with E-state index in [0.29, 0.717) is 23.5 Å². The molecule has 1 heterocycles. The van der Waals surface area contributed by atoms with Crippen LogP contribution >= 0.6 is 0 Å². The van der Waals surface area contributed by atoms with E-state index in [0.717, 1.165) is 16.9 Å². The Morgan fingerprint density at radius 1 is 1.14 bits per heavy atom. The molecule has 152 valence electrons. The highest BCUT2D eigenvalue weighted by Crippen LogP contribution is 2.29. The highest BCUT2D eigenvalue weighted by atomic mass is 16.5. The molecule has 0 radical (unpaired) electrons. The van der Waals surface area contributed by atoms with E-state index in [1.807, 2.05) is 67.9 Å². The van der Waals surface area contributed by atoms with Crippen LogP contribution < -0.4 is 14.8 Å². The first-order valence-electron chi connectivity index (χ1n) is 9.65. The first kappa shape index (κ1) is 20.5. The van der Waals surface area contributed by atoms with Gasteiger partial charge in [0.05, 0.1) is 43.4 Å². The van der Waals surface area contributed by atoms with E-state index in [4.69, 9.17) is 9.47 Å². The van der Waals surface area contributed by atoms with Crippen LogP contribution in [0.2, 0.25) is 0 Å². The van der Waals surface area contributed by atoms with E-state index in [1.54, 1.807) is 20.4 Å². The molecule has 0 bridgehead atoms. The van der Waals surface area contributed by atoms with Gasteiger partial charge in [-0.15, -0.1) is 0 Å². The van der Waals surface area contributed by atoms with E-state index in [2.05, 4.69) is 10.4 Å². The van der Waals surface area contributed by atoms with Gasteiger partial charge < -0.3 is 14.8 Å². The third-order valence-electron chi connectivity index (χ3n) is 4.98. The van der Waals surface area contributed by atoms with Crippen LogP contribution in [0.15, 0.2) is 48.7 Å². The molecule has 0 saturated heterocycles. The van der Waals surface area contributed by atoms with Crippen molar-refractivity contribution in [3.05, 3.63) is 71.0 Å². The molecule has 0 spiro atoms. The molecule has 0 saturated carbocycles. The molecule has 3 rings (SSSR count). The summed E-state index contributed by atoms with van der Waals surface area (Å²) in [5.74, 6) is 1.24. The monoisotopic (exact) mass is 393 g/mol. The molecular formula is C23H27N3O3. The average Bonchev–Trinajstić information content (AvgIpc) is 3.17. The summed E-state index contributed by atoms with van der Waals surface area (Å²) < 4.78 is 12.6. The van der Waals surface area contributed by atoms with Crippen molar-refractivity contribution in [3.63, 3.8) is 0 Å². The maximum atomic E-state index is 13.0. The molecule has 0 aliphatic carbocycles. The van der Waals surface area contributed by atoms with Crippen molar-refractivity contribution >= 4 is 5.91 Å². The lowest BCUT2D eigenvalue weighted by Crippen LogP contribution is -2.27. The van der Waals surface area contributed by atoms with Gasteiger partial charge in [-0.1, -0.05) is 24.6 Å². The number of nitrogens with zero attached hydrogens (tertiary/aromatic N) is 2. The Labute approximate surface area is 171 Å². The van der Waals surface area contributed by atoms with E-state index in [1.165, 1.54) is 5.56 Å². The number of aromatic nitrogens is 2. The van der Waals surface area contributed by atoms with Gasteiger partial charge in [0.2, 0.25) is 0 Å². The first-order valence-corrected chi connectivity index (χ1v) is 9.65. The molecule has 1 unspecified atom stereocenters. The van der Waals surface area contributed by atoms with E-state index >= 15 is 0 Å². The predicted molar refractivity (Wildman–Crippen MR) is 113 cm³/mol. The van der Waals surface area contributed by atoms with Crippen molar-refractivity contribution < 1.29 is 14.3 Å². The zero-order valence-electron chi connectivity index (χ0n) is 17.5. The fourth-order valence-electron chi connectivity index (χ4n) is 3.34. The van der Waals surface area contributed by atoms with Crippen molar-refractivity contribution in [3.8, 4) is 17.2 Å². The summed E-state index contributed by atoms with van der Waals surface area (Å²) in [4.78, 5) is 13.0. The zero-order chi connectivity index (χ0) is 21.0. The molecule has 0 aliphatic rings. The lowest BCUT2D eigenvalue weighted by Gasteiger charge is -2.18. The minimum absolute atomic E-state index is 0.169. The molecule has 1 atom stereocenters. The molecule has 1 N–H and O–H groups in total. The van der Waals surface area contributed by atoms with Gasteiger partial charge in [0.1, 0.15) is 11.5 Å². The van der Waals surface area contributed by atoms with Gasteiger partial charge in [-0.2, -0.15) is 5.10 Å². The molecule has 6 nitrogen and oxygen atoms in total. The van der Waals surface area contributed by atoms with Gasteiger partial charge in [-0.25, -0.2) is 4.68 Å². The fourth-order valence-corrected chi connectivity index (χ4v) is 3.34. The van der Waals surface area contributed by atoms with Crippen LogP contribution in [0.1, 0.15) is 47.1 Å². The number of amides is 1. The zero-order valence-corrected chi connectivity index (χ0v) is 17.5. The lowest BCUT2D eigenvalue weighted by molar-refractivity contribution is 0.0938. The summed E-state index contributed by atoms with van der Waals surface area (Å²) in [6.45, 7) is 5.99. The molecule has 6 heteroatoms. The van der Waals surface area contributed by atoms with Crippen LogP contribution in [0.3, 0.4) is 0 Å². The molecule has 29 heavy (non-hydrogen) atoms. The minimum atomic E-state index is -0.264. The summed E-state index contributed by atoms with van der Waals surface area (Å²) in [5, 5.41) is 7.52. The van der Waals surface area contributed by atoms with Crippen LogP contribution in [-0.2, 0) is 6.42 Å². The number of carbonyl (C=O) groups is 1. The first-order chi connectivity index (χ1) is 14.0. The number of aryl methyl sites for hydroxylation is 1. The molecular weight excluding hydrogens is 366 g/mol. The van der Waals surface area contributed by atoms with Crippen LogP contribution in [0.25, 0.3) is 5.69 Å². The summed E-state index contributed by atoms with van der Waals surface area (Å²) in [7, 11) is 3.22. The number of carbonyl (C=O) groups excluding carboxylic acids is 1. The minimum Gasteiger partial charge on any atom is -0.497 e. The Balaban J connectivity index is 1.87. The van der Waals surface area contributed by atoms with E-state index < -0.39 is 0 Å². The predicted octanol–water partition coefficient (Wildman–Crippen LogP) is 4.25. The smallest absolute Gasteiger partial charge is 0.255 e. The number of methoxy groups -OCH3 is 2. The van der Waals surface area contributed by atoms with Gasteiger partial charge in [-0.05, 0) is 50.6 Å². The van der Waals surface area contributed by atoms with Crippen LogP contribution in [0.5, 0.6) is 11.5 Å². The molecule has 1 aromatic heterocycles. The maximum absolute atomic E-state index is 13.0. The quantitative estimate of drug-likeness (QED) is 0.652. The van der Waals surface area contributed by atoms with Gasteiger partial charge in [0.25, 0.3) is 5.91 Å². The topological polar surface area (TPSA) is 65.4 Å². The molecule has 1 amide bonds. The highest BCUT2D eigenvalue weighted by molar-refractivity contribution is 5.95. The average molecular weight is 393 g/mol. The molecule has 0 aliphatic heterocycles. The van der Waals surface area contributed by atoms with Crippen molar-refractivity contribution in [2.75, 3.05) is 14.2 Å². The number of rotatable bonds is 7. The summed E-state index contributed by atoms with van der Waals surface area (Å²) in [6.07, 6.45) is 2.32. The van der Waals surface area contributed by atoms with E-state index in [-0.39, 0.29) is 11.9 Å². The lowest BCUT2D eigenvalue weighted by atomic mass is 10.1. The normalized spacial score (nSPS) is 11.8. The van der Waals surface area contributed by atoms with Crippen molar-refractivity contribution in [1.82, 2.24) is 15.1 Å². The van der Waals surface area contributed by atoms with Crippen molar-refractivity contribution in [2.24, 2.45) is 0 Å². The van der Waals surface area contributed by atoms with Gasteiger partial charge >= 0.3 is 0 Å². The van der Waals surface area contributed by atoms with Crippen LogP contribution in [0.4, 0.5) is 0 Å². The molecule has 3 aromatic rings. The maximum Gasteiger partial charge on any atom is 0.255 e. The Bertz CT molecular complexity index is 993. The van der Waals surface area contributed by atoms with Gasteiger partial charge in [-0.3, -0.25) is 4.79 Å². The van der Waals surface area contributed by atoms with Crippen LogP contribution in [-0.4, -0.2) is 29.9 Å². The third-order valence-corrected chi connectivity index (χ3v) is 4.98. The summed E-state index contributed by atoms with van der Waals surface area (Å²) in [6, 6.07) is 13.4.